The van der Waals surface area contributed by atoms with Gasteiger partial charge < -0.3 is 4.74 Å². The average Bonchev–Trinajstić information content (AvgIpc) is 2.27. The minimum atomic E-state index is -0.430. The Morgan fingerprint density at radius 1 is 1.38 bits per heavy atom. The minimum Gasteiger partial charge on any atom is -0.366 e. The topological polar surface area (TPSA) is 26.3 Å². The van der Waals surface area contributed by atoms with Crippen molar-refractivity contribution < 1.29 is 9.53 Å². The van der Waals surface area contributed by atoms with Crippen LogP contribution in [0.5, 0.6) is 0 Å². The van der Waals surface area contributed by atoms with E-state index in [2.05, 4.69) is 15.9 Å². The number of carbonyl (C=O) groups excluding carboxylic acids is 1. The Kier molecular flexibility index (Phi) is 5.71. The van der Waals surface area contributed by atoms with E-state index in [1.165, 1.54) is 0 Å². The highest BCUT2D eigenvalue weighted by Crippen LogP contribution is 2.27. The van der Waals surface area contributed by atoms with E-state index in [0.29, 0.717) is 13.0 Å². The first-order valence-corrected chi connectivity index (χ1v) is 6.38. The summed E-state index contributed by atoms with van der Waals surface area (Å²) in [7, 11) is 0. The maximum atomic E-state index is 11.9. The van der Waals surface area contributed by atoms with E-state index in [9.17, 15) is 4.79 Å². The maximum Gasteiger partial charge on any atom is 0.166 e. The Bertz CT molecular complexity index is 350. The van der Waals surface area contributed by atoms with Crippen molar-refractivity contribution in [3.05, 3.63) is 34.3 Å². The van der Waals surface area contributed by atoms with Crippen LogP contribution in [0.2, 0.25) is 0 Å². The van der Waals surface area contributed by atoms with Crippen molar-refractivity contribution >= 4 is 21.7 Å². The minimum absolute atomic E-state index is 0.149. The van der Waals surface area contributed by atoms with Crippen LogP contribution in [0.1, 0.15) is 38.4 Å². The van der Waals surface area contributed by atoms with Gasteiger partial charge in [-0.05, 0) is 19.4 Å². The van der Waals surface area contributed by atoms with Gasteiger partial charge in [0, 0.05) is 23.1 Å². The van der Waals surface area contributed by atoms with Crippen molar-refractivity contribution in [3.8, 4) is 0 Å². The molecular weight excluding hydrogens is 268 g/mol. The van der Waals surface area contributed by atoms with Crippen molar-refractivity contribution in [3.63, 3.8) is 0 Å². The highest BCUT2D eigenvalue weighted by molar-refractivity contribution is 9.10. The molecule has 0 heterocycles. The summed E-state index contributed by atoms with van der Waals surface area (Å²) in [4.78, 5) is 11.9. The number of rotatable bonds is 6. The Balaban J connectivity index is 2.93. The second-order valence-electron chi connectivity index (χ2n) is 3.57. The molecule has 0 radical (unpaired) electrons. The first kappa shape index (κ1) is 13.4. The molecule has 0 saturated carbocycles. The average molecular weight is 285 g/mol. The summed E-state index contributed by atoms with van der Waals surface area (Å²) >= 11 is 3.45. The molecular formula is C13H17BrO2. The van der Waals surface area contributed by atoms with Crippen LogP contribution in [0.25, 0.3) is 0 Å². The van der Waals surface area contributed by atoms with Crippen molar-refractivity contribution in [1.29, 1.82) is 0 Å². The Morgan fingerprint density at radius 3 is 2.62 bits per heavy atom. The fourth-order valence-electron chi connectivity index (χ4n) is 1.59. The van der Waals surface area contributed by atoms with E-state index < -0.39 is 6.10 Å². The van der Waals surface area contributed by atoms with Gasteiger partial charge in [-0.1, -0.05) is 41.1 Å². The van der Waals surface area contributed by atoms with Gasteiger partial charge in [0.1, 0.15) is 6.10 Å². The van der Waals surface area contributed by atoms with Gasteiger partial charge in [0.05, 0.1) is 0 Å². The van der Waals surface area contributed by atoms with Gasteiger partial charge in [-0.25, -0.2) is 0 Å². The number of ether oxygens (including phenoxy) is 1. The SMILES string of the molecule is CCCC(=O)C(OCC)c1ccccc1Br. The molecule has 0 aliphatic heterocycles. The molecule has 0 amide bonds. The Hall–Kier alpha value is -0.670. The van der Waals surface area contributed by atoms with Crippen LogP contribution < -0.4 is 0 Å². The first-order valence-electron chi connectivity index (χ1n) is 5.59. The number of halogens is 1. The summed E-state index contributed by atoms with van der Waals surface area (Å²) < 4.78 is 6.47. The van der Waals surface area contributed by atoms with E-state index in [4.69, 9.17) is 4.74 Å². The van der Waals surface area contributed by atoms with Crippen LogP contribution in [0.3, 0.4) is 0 Å². The third-order valence-corrected chi connectivity index (χ3v) is 3.03. The largest absolute Gasteiger partial charge is 0.366 e. The number of hydrogen-bond donors (Lipinski definition) is 0. The molecule has 0 spiro atoms. The number of hydrogen-bond acceptors (Lipinski definition) is 2. The second kappa shape index (κ2) is 6.81. The highest BCUT2D eigenvalue weighted by atomic mass is 79.9. The molecule has 1 aromatic rings. The molecule has 1 atom stereocenters. The van der Waals surface area contributed by atoms with Crippen molar-refractivity contribution in [2.24, 2.45) is 0 Å². The summed E-state index contributed by atoms with van der Waals surface area (Å²) in [6, 6.07) is 7.71. The van der Waals surface area contributed by atoms with Gasteiger partial charge >= 0.3 is 0 Å². The normalized spacial score (nSPS) is 12.4. The molecule has 88 valence electrons. The summed E-state index contributed by atoms with van der Waals surface area (Å²) in [5.74, 6) is 0.149. The quantitative estimate of drug-likeness (QED) is 0.792. The van der Waals surface area contributed by atoms with Gasteiger partial charge in [-0.2, -0.15) is 0 Å². The monoisotopic (exact) mass is 284 g/mol. The molecule has 16 heavy (non-hydrogen) atoms. The molecule has 1 aromatic carbocycles. The molecule has 0 aromatic heterocycles. The van der Waals surface area contributed by atoms with E-state index in [1.807, 2.05) is 38.1 Å². The molecule has 0 bridgehead atoms. The number of carbonyl (C=O) groups is 1. The van der Waals surface area contributed by atoms with Crippen molar-refractivity contribution in [2.75, 3.05) is 6.61 Å². The zero-order valence-electron chi connectivity index (χ0n) is 9.70. The summed E-state index contributed by atoms with van der Waals surface area (Å²) in [6.45, 7) is 4.45. The fraction of sp³-hybridized carbons (Fsp3) is 0.462. The number of benzene rings is 1. The lowest BCUT2D eigenvalue weighted by atomic mass is 10.0. The standard InChI is InChI=1S/C13H17BrO2/c1-3-7-12(15)13(16-4-2)10-8-5-6-9-11(10)14/h5-6,8-9,13H,3-4,7H2,1-2H3. The van der Waals surface area contributed by atoms with Crippen molar-refractivity contribution in [1.82, 2.24) is 0 Å². The van der Waals surface area contributed by atoms with Gasteiger partial charge in [-0.3, -0.25) is 4.79 Å². The van der Waals surface area contributed by atoms with E-state index >= 15 is 0 Å². The van der Waals surface area contributed by atoms with Crippen LogP contribution >= 0.6 is 15.9 Å². The van der Waals surface area contributed by atoms with Gasteiger partial charge in [0.15, 0.2) is 5.78 Å². The molecule has 1 unspecified atom stereocenters. The van der Waals surface area contributed by atoms with Gasteiger partial charge in [0.2, 0.25) is 0 Å². The maximum absolute atomic E-state index is 11.9. The Labute approximate surface area is 105 Å². The third-order valence-electron chi connectivity index (χ3n) is 2.31. The van der Waals surface area contributed by atoms with E-state index in [-0.39, 0.29) is 5.78 Å². The second-order valence-corrected chi connectivity index (χ2v) is 4.43. The highest BCUT2D eigenvalue weighted by Gasteiger charge is 2.21. The van der Waals surface area contributed by atoms with Crippen LogP contribution in [-0.2, 0) is 9.53 Å². The first-order chi connectivity index (χ1) is 7.70. The van der Waals surface area contributed by atoms with E-state index in [1.54, 1.807) is 0 Å². The van der Waals surface area contributed by atoms with Gasteiger partial charge in [0.25, 0.3) is 0 Å². The third kappa shape index (κ3) is 3.42. The molecule has 0 saturated heterocycles. The molecule has 3 heteroatoms. The fourth-order valence-corrected chi connectivity index (χ4v) is 2.08. The molecule has 0 fully saturated rings. The van der Waals surface area contributed by atoms with E-state index in [0.717, 1.165) is 16.5 Å². The molecule has 0 N–H and O–H groups in total. The predicted molar refractivity (Wildman–Crippen MR) is 68.4 cm³/mol. The van der Waals surface area contributed by atoms with Crippen LogP contribution in [0.4, 0.5) is 0 Å². The molecule has 2 nitrogen and oxygen atoms in total. The zero-order valence-corrected chi connectivity index (χ0v) is 11.3. The summed E-state index contributed by atoms with van der Waals surface area (Å²) in [6.07, 6.45) is 0.985. The lowest BCUT2D eigenvalue weighted by Gasteiger charge is -2.17. The summed E-state index contributed by atoms with van der Waals surface area (Å²) in [5, 5.41) is 0. The number of ketones is 1. The molecule has 0 aliphatic carbocycles. The number of Topliss-reactive ketones (excluding diaryl/α,β-unsaturated/α-hetero) is 1. The van der Waals surface area contributed by atoms with Crippen molar-refractivity contribution in [2.45, 2.75) is 32.8 Å². The van der Waals surface area contributed by atoms with Crippen LogP contribution in [-0.4, -0.2) is 12.4 Å². The predicted octanol–water partition coefficient (Wildman–Crippen LogP) is 3.90. The zero-order chi connectivity index (χ0) is 12.0. The molecule has 0 aliphatic rings. The smallest absolute Gasteiger partial charge is 0.166 e. The summed E-state index contributed by atoms with van der Waals surface area (Å²) in [5.41, 5.74) is 0.919. The van der Waals surface area contributed by atoms with Crippen LogP contribution in [0, 0.1) is 0 Å². The van der Waals surface area contributed by atoms with Crippen LogP contribution in [0.15, 0.2) is 28.7 Å². The Morgan fingerprint density at radius 2 is 2.06 bits per heavy atom. The van der Waals surface area contributed by atoms with Gasteiger partial charge in [-0.15, -0.1) is 0 Å². The lowest BCUT2D eigenvalue weighted by Crippen LogP contribution is -2.16. The lowest BCUT2D eigenvalue weighted by molar-refractivity contribution is -0.130. The molecule has 1 rings (SSSR count).